The largest absolute Gasteiger partial charge is 0.484 e. The molecule has 0 bridgehead atoms. The monoisotopic (exact) mass is 292 g/mol. The predicted molar refractivity (Wildman–Crippen MR) is 82.7 cm³/mol. The Labute approximate surface area is 124 Å². The number of hydrogen-bond acceptors (Lipinski definition) is 3. The summed E-state index contributed by atoms with van der Waals surface area (Å²) in [5.41, 5.74) is 6.67. The van der Waals surface area contributed by atoms with Gasteiger partial charge < -0.3 is 15.8 Å². The van der Waals surface area contributed by atoms with E-state index in [1.54, 1.807) is 24.3 Å². The van der Waals surface area contributed by atoms with Crippen molar-refractivity contribution < 1.29 is 9.53 Å². The average Bonchev–Trinajstić information content (AvgIpc) is 3.02. The van der Waals surface area contributed by atoms with Gasteiger partial charge in [-0.05, 0) is 42.0 Å². The fourth-order valence-corrected chi connectivity index (χ4v) is 2.21. The number of hydrogen-bond donors (Lipinski definition) is 2. The molecule has 2 rings (SSSR count). The summed E-state index contributed by atoms with van der Waals surface area (Å²) in [5.74, 6) is 1.13. The fourth-order valence-electron chi connectivity index (χ4n) is 2.08. The zero-order chi connectivity index (χ0) is 14.8. The van der Waals surface area contributed by atoms with E-state index in [9.17, 15) is 4.79 Å². The van der Waals surface area contributed by atoms with Crippen LogP contribution in [-0.2, 0) is 4.79 Å². The van der Waals surface area contributed by atoms with Gasteiger partial charge in [-0.25, -0.2) is 0 Å². The normalized spacial score (nSPS) is 19.2. The van der Waals surface area contributed by atoms with E-state index >= 15 is 0 Å². The molecule has 1 aliphatic rings. The van der Waals surface area contributed by atoms with Gasteiger partial charge in [-0.3, -0.25) is 4.79 Å². The SMILES string of the molecule is CC1(C)CC1CNC(=O)COc1ccc(C(N)=S)cc1. The maximum absolute atomic E-state index is 11.7. The van der Waals surface area contributed by atoms with E-state index in [4.69, 9.17) is 22.7 Å². The second kappa shape index (κ2) is 5.79. The van der Waals surface area contributed by atoms with Crippen LogP contribution in [0.25, 0.3) is 0 Å². The summed E-state index contributed by atoms with van der Waals surface area (Å²) >= 11 is 4.87. The van der Waals surface area contributed by atoms with Crippen molar-refractivity contribution in [3.05, 3.63) is 29.8 Å². The van der Waals surface area contributed by atoms with E-state index in [1.165, 1.54) is 6.42 Å². The molecule has 108 valence electrons. The van der Waals surface area contributed by atoms with Crippen molar-refractivity contribution in [1.29, 1.82) is 0 Å². The summed E-state index contributed by atoms with van der Waals surface area (Å²) in [6.07, 6.45) is 1.18. The Morgan fingerprint density at radius 1 is 1.45 bits per heavy atom. The highest BCUT2D eigenvalue weighted by molar-refractivity contribution is 7.80. The molecular weight excluding hydrogens is 272 g/mol. The summed E-state index contributed by atoms with van der Waals surface area (Å²) < 4.78 is 5.41. The number of thiocarbonyl (C=S) groups is 1. The van der Waals surface area contributed by atoms with Gasteiger partial charge >= 0.3 is 0 Å². The van der Waals surface area contributed by atoms with Gasteiger partial charge in [0.1, 0.15) is 10.7 Å². The van der Waals surface area contributed by atoms with Crippen molar-refractivity contribution in [1.82, 2.24) is 5.32 Å². The van der Waals surface area contributed by atoms with Gasteiger partial charge in [0.05, 0.1) is 0 Å². The molecule has 0 heterocycles. The van der Waals surface area contributed by atoms with Crippen LogP contribution in [0.4, 0.5) is 0 Å². The number of benzene rings is 1. The van der Waals surface area contributed by atoms with Crippen LogP contribution in [-0.4, -0.2) is 24.0 Å². The molecule has 0 saturated heterocycles. The third-order valence-electron chi connectivity index (χ3n) is 3.77. The van der Waals surface area contributed by atoms with E-state index < -0.39 is 0 Å². The van der Waals surface area contributed by atoms with Gasteiger partial charge in [0, 0.05) is 12.1 Å². The lowest BCUT2D eigenvalue weighted by Crippen LogP contribution is -2.31. The van der Waals surface area contributed by atoms with Gasteiger partial charge in [0.15, 0.2) is 6.61 Å². The van der Waals surface area contributed by atoms with Crippen LogP contribution in [0.15, 0.2) is 24.3 Å². The number of nitrogens with one attached hydrogen (secondary N) is 1. The third-order valence-corrected chi connectivity index (χ3v) is 4.01. The lowest BCUT2D eigenvalue weighted by molar-refractivity contribution is -0.123. The molecule has 20 heavy (non-hydrogen) atoms. The smallest absolute Gasteiger partial charge is 0.257 e. The standard InChI is InChI=1S/C15H20N2O2S/c1-15(2)7-11(15)8-17-13(18)9-19-12-5-3-10(4-6-12)14(16)20/h3-6,11H,7-9H2,1-2H3,(H2,16,20)(H,17,18). The van der Waals surface area contributed by atoms with E-state index in [0.29, 0.717) is 22.1 Å². The molecule has 1 unspecified atom stereocenters. The number of carbonyl (C=O) groups excluding carboxylic acids is 1. The van der Waals surface area contributed by atoms with Crippen molar-refractivity contribution in [2.75, 3.05) is 13.2 Å². The Hall–Kier alpha value is -1.62. The van der Waals surface area contributed by atoms with E-state index in [1.807, 2.05) is 0 Å². The van der Waals surface area contributed by atoms with Gasteiger partial charge in [-0.2, -0.15) is 0 Å². The highest BCUT2D eigenvalue weighted by Gasteiger charge is 2.45. The molecule has 1 aliphatic carbocycles. The molecule has 0 aliphatic heterocycles. The summed E-state index contributed by atoms with van der Waals surface area (Å²) in [6, 6.07) is 7.07. The van der Waals surface area contributed by atoms with E-state index in [-0.39, 0.29) is 12.5 Å². The van der Waals surface area contributed by atoms with Crippen molar-refractivity contribution in [3.63, 3.8) is 0 Å². The Kier molecular flexibility index (Phi) is 4.28. The Morgan fingerprint density at radius 3 is 2.55 bits per heavy atom. The zero-order valence-electron chi connectivity index (χ0n) is 11.8. The molecule has 1 aromatic rings. The number of ether oxygens (including phenoxy) is 1. The third kappa shape index (κ3) is 3.93. The quantitative estimate of drug-likeness (QED) is 0.786. The van der Waals surface area contributed by atoms with Crippen LogP contribution in [0, 0.1) is 11.3 Å². The minimum Gasteiger partial charge on any atom is -0.484 e. The van der Waals surface area contributed by atoms with Crippen molar-refractivity contribution in [3.8, 4) is 5.75 Å². The summed E-state index contributed by atoms with van der Waals surface area (Å²) in [4.78, 5) is 12.0. The first kappa shape index (κ1) is 14.8. The topological polar surface area (TPSA) is 64.3 Å². The minimum absolute atomic E-state index is 0.0273. The number of amides is 1. The molecule has 1 fully saturated rings. The van der Waals surface area contributed by atoms with Crippen LogP contribution in [0.3, 0.4) is 0 Å². The maximum Gasteiger partial charge on any atom is 0.257 e. The molecule has 0 radical (unpaired) electrons. The molecule has 0 aromatic heterocycles. The van der Waals surface area contributed by atoms with Gasteiger partial charge in [0.2, 0.25) is 0 Å². The van der Waals surface area contributed by atoms with Crippen LogP contribution in [0.1, 0.15) is 25.8 Å². The molecule has 1 atom stereocenters. The lowest BCUT2D eigenvalue weighted by atomic mass is 10.1. The predicted octanol–water partition coefficient (Wildman–Crippen LogP) is 1.86. The molecular formula is C15H20N2O2S. The Bertz CT molecular complexity index is 511. The summed E-state index contributed by atoms with van der Waals surface area (Å²) in [7, 11) is 0. The van der Waals surface area contributed by atoms with Gasteiger partial charge in [-0.15, -0.1) is 0 Å². The summed E-state index contributed by atoms with van der Waals surface area (Å²) in [6.45, 7) is 5.18. The zero-order valence-corrected chi connectivity index (χ0v) is 12.6. The van der Waals surface area contributed by atoms with Crippen LogP contribution in [0.5, 0.6) is 5.75 Å². The van der Waals surface area contributed by atoms with E-state index in [2.05, 4.69) is 19.2 Å². The second-order valence-corrected chi connectivity index (χ2v) is 6.31. The summed E-state index contributed by atoms with van der Waals surface area (Å²) in [5, 5.41) is 2.90. The van der Waals surface area contributed by atoms with Crippen molar-refractivity contribution in [2.24, 2.45) is 17.1 Å². The van der Waals surface area contributed by atoms with Crippen molar-refractivity contribution >= 4 is 23.1 Å². The molecule has 4 nitrogen and oxygen atoms in total. The maximum atomic E-state index is 11.7. The highest BCUT2D eigenvalue weighted by atomic mass is 32.1. The van der Waals surface area contributed by atoms with Gasteiger partial charge in [0.25, 0.3) is 5.91 Å². The second-order valence-electron chi connectivity index (χ2n) is 5.87. The molecule has 1 aromatic carbocycles. The van der Waals surface area contributed by atoms with Crippen LogP contribution in [0.2, 0.25) is 0 Å². The Balaban J connectivity index is 1.71. The first-order valence-electron chi connectivity index (χ1n) is 6.68. The lowest BCUT2D eigenvalue weighted by Gasteiger charge is -2.08. The number of nitrogens with two attached hydrogens (primary N) is 1. The fraction of sp³-hybridized carbons (Fsp3) is 0.467. The van der Waals surface area contributed by atoms with Crippen LogP contribution >= 0.6 is 12.2 Å². The molecule has 1 amide bonds. The minimum atomic E-state index is -0.0916. The molecule has 1 saturated carbocycles. The first-order chi connectivity index (χ1) is 9.38. The van der Waals surface area contributed by atoms with E-state index in [0.717, 1.165) is 12.1 Å². The number of rotatable bonds is 6. The Morgan fingerprint density at radius 2 is 2.05 bits per heavy atom. The first-order valence-corrected chi connectivity index (χ1v) is 7.09. The van der Waals surface area contributed by atoms with Crippen molar-refractivity contribution in [2.45, 2.75) is 20.3 Å². The van der Waals surface area contributed by atoms with Gasteiger partial charge in [-0.1, -0.05) is 26.1 Å². The van der Waals surface area contributed by atoms with Crippen LogP contribution < -0.4 is 15.8 Å². The average molecular weight is 292 g/mol. The molecule has 5 heteroatoms. The molecule has 3 N–H and O–H groups in total. The highest BCUT2D eigenvalue weighted by Crippen LogP contribution is 2.50. The number of carbonyl (C=O) groups is 1. The molecule has 0 spiro atoms.